The Morgan fingerprint density at radius 1 is 1.64 bits per heavy atom. The molecule has 0 aromatic heterocycles. The second kappa shape index (κ2) is 4.09. The lowest BCUT2D eigenvalue weighted by molar-refractivity contribution is -0.108. The SMILES string of the molecule is NC(C=O)CC1=CCCC=C1. The van der Waals surface area contributed by atoms with Gasteiger partial charge in [-0.1, -0.05) is 23.8 Å². The first kappa shape index (κ1) is 8.21. The summed E-state index contributed by atoms with van der Waals surface area (Å²) in [5, 5.41) is 0. The lowest BCUT2D eigenvalue weighted by atomic mass is 10.0. The fourth-order valence-corrected chi connectivity index (χ4v) is 1.14. The summed E-state index contributed by atoms with van der Waals surface area (Å²) in [6.07, 6.45) is 9.98. The number of carbonyl (C=O) groups is 1. The Labute approximate surface area is 66.8 Å². The number of allylic oxidation sites excluding steroid dienone is 3. The fraction of sp³-hybridized carbons (Fsp3) is 0.444. The van der Waals surface area contributed by atoms with Crippen LogP contribution in [0.2, 0.25) is 0 Å². The van der Waals surface area contributed by atoms with Gasteiger partial charge in [0, 0.05) is 0 Å². The molecule has 0 amide bonds. The predicted molar refractivity (Wildman–Crippen MR) is 45.1 cm³/mol. The Bertz CT molecular complexity index is 194. The molecule has 0 spiro atoms. The van der Waals surface area contributed by atoms with Crippen molar-refractivity contribution in [2.24, 2.45) is 5.73 Å². The van der Waals surface area contributed by atoms with E-state index in [0.717, 1.165) is 19.1 Å². The molecule has 0 aromatic carbocycles. The highest BCUT2D eigenvalue weighted by Crippen LogP contribution is 2.13. The van der Waals surface area contributed by atoms with Gasteiger partial charge in [-0.3, -0.25) is 0 Å². The summed E-state index contributed by atoms with van der Waals surface area (Å²) >= 11 is 0. The smallest absolute Gasteiger partial charge is 0.137 e. The van der Waals surface area contributed by atoms with E-state index in [1.54, 1.807) is 0 Å². The van der Waals surface area contributed by atoms with E-state index in [0.29, 0.717) is 6.42 Å². The van der Waals surface area contributed by atoms with Gasteiger partial charge in [0.2, 0.25) is 0 Å². The molecule has 1 aliphatic rings. The normalized spacial score (nSPS) is 19.2. The van der Waals surface area contributed by atoms with Gasteiger partial charge in [-0.2, -0.15) is 0 Å². The average molecular weight is 151 g/mol. The largest absolute Gasteiger partial charge is 0.321 e. The lowest BCUT2D eigenvalue weighted by Crippen LogP contribution is -2.21. The Balaban J connectivity index is 2.42. The van der Waals surface area contributed by atoms with Gasteiger partial charge in [0.05, 0.1) is 6.04 Å². The molecule has 2 heteroatoms. The highest BCUT2D eigenvalue weighted by molar-refractivity contribution is 5.58. The van der Waals surface area contributed by atoms with Crippen LogP contribution in [0.15, 0.2) is 23.8 Å². The Kier molecular flexibility index (Phi) is 3.05. The van der Waals surface area contributed by atoms with Crippen LogP contribution >= 0.6 is 0 Å². The summed E-state index contributed by atoms with van der Waals surface area (Å²) in [6.45, 7) is 0. The Hall–Kier alpha value is -0.890. The van der Waals surface area contributed by atoms with Crippen LogP contribution in [-0.4, -0.2) is 12.3 Å². The highest BCUT2D eigenvalue weighted by Gasteiger charge is 2.03. The molecule has 0 radical (unpaired) electrons. The maximum atomic E-state index is 10.2. The minimum atomic E-state index is -0.330. The quantitative estimate of drug-likeness (QED) is 0.615. The van der Waals surface area contributed by atoms with Crippen LogP contribution in [0.4, 0.5) is 0 Å². The van der Waals surface area contributed by atoms with Gasteiger partial charge in [-0.25, -0.2) is 0 Å². The molecule has 0 heterocycles. The van der Waals surface area contributed by atoms with Gasteiger partial charge >= 0.3 is 0 Å². The lowest BCUT2D eigenvalue weighted by Gasteiger charge is -2.07. The van der Waals surface area contributed by atoms with Gasteiger partial charge in [0.25, 0.3) is 0 Å². The highest BCUT2D eigenvalue weighted by atomic mass is 16.1. The molecule has 60 valence electrons. The molecule has 0 aromatic rings. The zero-order chi connectivity index (χ0) is 8.10. The minimum absolute atomic E-state index is 0.330. The first-order chi connectivity index (χ1) is 5.33. The summed E-state index contributed by atoms with van der Waals surface area (Å²) in [5.41, 5.74) is 6.65. The maximum absolute atomic E-state index is 10.2. The zero-order valence-corrected chi connectivity index (χ0v) is 6.49. The third-order valence-corrected chi connectivity index (χ3v) is 1.72. The molecule has 1 rings (SSSR count). The standard InChI is InChI=1S/C9H13NO/c10-9(7-11)6-8-4-2-1-3-5-8/h2,4-5,7,9H,1,3,6,10H2. The molecular weight excluding hydrogens is 138 g/mol. The van der Waals surface area contributed by atoms with Gasteiger partial charge in [-0.05, 0) is 19.3 Å². The van der Waals surface area contributed by atoms with E-state index in [9.17, 15) is 4.79 Å². The molecule has 1 atom stereocenters. The number of nitrogens with two attached hydrogens (primary N) is 1. The topological polar surface area (TPSA) is 43.1 Å². The molecule has 2 nitrogen and oxygen atoms in total. The van der Waals surface area contributed by atoms with E-state index >= 15 is 0 Å². The van der Waals surface area contributed by atoms with Crippen LogP contribution in [0.3, 0.4) is 0 Å². The molecule has 1 aliphatic carbocycles. The van der Waals surface area contributed by atoms with Crippen LogP contribution in [0.1, 0.15) is 19.3 Å². The molecule has 0 aliphatic heterocycles. The van der Waals surface area contributed by atoms with Crippen molar-refractivity contribution in [1.29, 1.82) is 0 Å². The van der Waals surface area contributed by atoms with Crippen LogP contribution in [-0.2, 0) is 4.79 Å². The molecule has 0 bridgehead atoms. The van der Waals surface area contributed by atoms with Crippen LogP contribution < -0.4 is 5.73 Å². The van der Waals surface area contributed by atoms with Gasteiger partial charge in [-0.15, -0.1) is 0 Å². The van der Waals surface area contributed by atoms with Crippen molar-refractivity contribution < 1.29 is 4.79 Å². The number of carbonyl (C=O) groups excluding carboxylic acids is 1. The monoisotopic (exact) mass is 151 g/mol. The van der Waals surface area contributed by atoms with Gasteiger partial charge < -0.3 is 10.5 Å². The van der Waals surface area contributed by atoms with E-state index in [1.165, 1.54) is 5.57 Å². The van der Waals surface area contributed by atoms with Crippen molar-refractivity contribution >= 4 is 6.29 Å². The van der Waals surface area contributed by atoms with Crippen LogP contribution in [0.25, 0.3) is 0 Å². The number of aldehydes is 1. The van der Waals surface area contributed by atoms with E-state index in [-0.39, 0.29) is 6.04 Å². The Morgan fingerprint density at radius 3 is 3.00 bits per heavy atom. The van der Waals surface area contributed by atoms with Crippen molar-refractivity contribution in [3.05, 3.63) is 23.8 Å². The minimum Gasteiger partial charge on any atom is -0.321 e. The second-order valence-electron chi connectivity index (χ2n) is 2.76. The summed E-state index contributed by atoms with van der Waals surface area (Å²) in [5.74, 6) is 0. The third kappa shape index (κ3) is 2.68. The van der Waals surface area contributed by atoms with E-state index in [2.05, 4.69) is 12.2 Å². The van der Waals surface area contributed by atoms with Crippen molar-refractivity contribution in [1.82, 2.24) is 0 Å². The van der Waals surface area contributed by atoms with Crippen LogP contribution in [0, 0.1) is 0 Å². The molecule has 0 saturated heterocycles. The molecule has 2 N–H and O–H groups in total. The number of hydrogen-bond acceptors (Lipinski definition) is 2. The molecule has 11 heavy (non-hydrogen) atoms. The summed E-state index contributed by atoms with van der Waals surface area (Å²) in [7, 11) is 0. The van der Waals surface area contributed by atoms with Gasteiger partial charge in [0.15, 0.2) is 0 Å². The second-order valence-corrected chi connectivity index (χ2v) is 2.76. The van der Waals surface area contributed by atoms with Crippen molar-refractivity contribution in [2.75, 3.05) is 0 Å². The van der Waals surface area contributed by atoms with E-state index in [4.69, 9.17) is 5.73 Å². The molecular formula is C9H13NO. The first-order valence-electron chi connectivity index (χ1n) is 3.89. The zero-order valence-electron chi connectivity index (χ0n) is 6.49. The summed E-state index contributed by atoms with van der Waals surface area (Å²) < 4.78 is 0. The average Bonchev–Trinajstić information content (AvgIpc) is 2.06. The fourth-order valence-electron chi connectivity index (χ4n) is 1.14. The van der Waals surface area contributed by atoms with Crippen LogP contribution in [0.5, 0.6) is 0 Å². The maximum Gasteiger partial charge on any atom is 0.137 e. The molecule has 0 fully saturated rings. The van der Waals surface area contributed by atoms with Crippen molar-refractivity contribution in [3.8, 4) is 0 Å². The van der Waals surface area contributed by atoms with E-state index < -0.39 is 0 Å². The Morgan fingerprint density at radius 2 is 2.45 bits per heavy atom. The summed E-state index contributed by atoms with van der Waals surface area (Å²) in [4.78, 5) is 10.2. The first-order valence-corrected chi connectivity index (χ1v) is 3.89. The molecule has 0 saturated carbocycles. The predicted octanol–water partition coefficient (Wildman–Crippen LogP) is 1.18. The third-order valence-electron chi connectivity index (χ3n) is 1.72. The van der Waals surface area contributed by atoms with Gasteiger partial charge in [0.1, 0.15) is 6.29 Å². The van der Waals surface area contributed by atoms with Crippen molar-refractivity contribution in [2.45, 2.75) is 25.3 Å². The van der Waals surface area contributed by atoms with Crippen molar-refractivity contribution in [3.63, 3.8) is 0 Å². The number of hydrogen-bond donors (Lipinski definition) is 1. The number of rotatable bonds is 3. The van der Waals surface area contributed by atoms with E-state index in [1.807, 2.05) is 6.08 Å². The summed E-state index contributed by atoms with van der Waals surface area (Å²) in [6, 6.07) is -0.330. The molecule has 1 unspecified atom stereocenters.